The molecule has 0 aromatic rings. The van der Waals surface area contributed by atoms with Crippen LogP contribution in [0.3, 0.4) is 0 Å². The van der Waals surface area contributed by atoms with Gasteiger partial charge < -0.3 is 5.32 Å². The van der Waals surface area contributed by atoms with Crippen LogP contribution in [0.5, 0.6) is 0 Å². The summed E-state index contributed by atoms with van der Waals surface area (Å²) >= 11 is 0. The van der Waals surface area contributed by atoms with Crippen molar-refractivity contribution < 1.29 is 4.39 Å². The van der Waals surface area contributed by atoms with Gasteiger partial charge in [0.2, 0.25) is 0 Å². The molecule has 1 heterocycles. The van der Waals surface area contributed by atoms with E-state index in [2.05, 4.69) is 5.32 Å². The molecular formula is C7H11FN2. The molecule has 1 rings (SSSR count). The van der Waals surface area contributed by atoms with Gasteiger partial charge in [0.1, 0.15) is 6.07 Å². The first kappa shape index (κ1) is 7.49. The summed E-state index contributed by atoms with van der Waals surface area (Å²) in [6.45, 7) is 1.63. The minimum Gasteiger partial charge on any atom is -0.316 e. The Morgan fingerprint density at radius 3 is 3.00 bits per heavy atom. The average molecular weight is 142 g/mol. The Kier molecular flexibility index (Phi) is 2.64. The third-order valence-corrected chi connectivity index (χ3v) is 1.87. The second-order valence-electron chi connectivity index (χ2n) is 2.64. The van der Waals surface area contributed by atoms with Crippen LogP contribution in [-0.2, 0) is 0 Å². The maximum Gasteiger partial charge on any atom is 0.190 e. The molecule has 0 aliphatic carbocycles. The fourth-order valence-corrected chi connectivity index (χ4v) is 1.23. The molecule has 0 bridgehead atoms. The Morgan fingerprint density at radius 1 is 1.70 bits per heavy atom. The van der Waals surface area contributed by atoms with Gasteiger partial charge in [-0.1, -0.05) is 0 Å². The first-order valence-corrected chi connectivity index (χ1v) is 3.59. The van der Waals surface area contributed by atoms with Crippen LogP contribution in [0.2, 0.25) is 0 Å². The van der Waals surface area contributed by atoms with Gasteiger partial charge in [0.15, 0.2) is 6.17 Å². The van der Waals surface area contributed by atoms with Gasteiger partial charge in [-0.15, -0.1) is 0 Å². The van der Waals surface area contributed by atoms with Crippen LogP contribution in [0.25, 0.3) is 0 Å². The van der Waals surface area contributed by atoms with Crippen LogP contribution in [0.15, 0.2) is 0 Å². The lowest BCUT2D eigenvalue weighted by Gasteiger charge is -2.21. The summed E-state index contributed by atoms with van der Waals surface area (Å²) in [6.07, 6.45) is 0.571. The molecule has 1 aliphatic rings. The number of piperidine rings is 1. The van der Waals surface area contributed by atoms with Crippen molar-refractivity contribution in [2.75, 3.05) is 13.1 Å². The van der Waals surface area contributed by atoms with Gasteiger partial charge >= 0.3 is 0 Å². The molecule has 2 atom stereocenters. The molecule has 0 amide bonds. The van der Waals surface area contributed by atoms with Crippen LogP contribution in [0.4, 0.5) is 4.39 Å². The summed E-state index contributed by atoms with van der Waals surface area (Å²) in [7, 11) is 0. The number of hydrogen-bond donors (Lipinski definition) is 1. The highest BCUT2D eigenvalue weighted by Crippen LogP contribution is 2.15. The second-order valence-corrected chi connectivity index (χ2v) is 2.64. The molecule has 3 heteroatoms. The molecule has 1 saturated heterocycles. The van der Waals surface area contributed by atoms with Crippen LogP contribution in [-0.4, -0.2) is 19.3 Å². The first-order chi connectivity index (χ1) is 4.84. The van der Waals surface area contributed by atoms with E-state index < -0.39 is 6.17 Å². The second kappa shape index (κ2) is 3.52. The molecule has 0 saturated carbocycles. The van der Waals surface area contributed by atoms with Crippen molar-refractivity contribution in [3.05, 3.63) is 0 Å². The minimum atomic E-state index is -1.27. The van der Waals surface area contributed by atoms with Crippen molar-refractivity contribution in [2.45, 2.75) is 19.0 Å². The Morgan fingerprint density at radius 2 is 2.50 bits per heavy atom. The van der Waals surface area contributed by atoms with Gasteiger partial charge in [0.25, 0.3) is 0 Å². The Hall–Kier alpha value is -0.620. The summed E-state index contributed by atoms with van der Waals surface area (Å²) in [5, 5.41) is 11.3. The van der Waals surface area contributed by atoms with Crippen LogP contribution in [0, 0.1) is 17.2 Å². The Bertz CT molecular complexity index is 135. The molecule has 0 spiro atoms. The summed E-state index contributed by atoms with van der Waals surface area (Å²) < 4.78 is 12.6. The zero-order valence-electron chi connectivity index (χ0n) is 5.81. The van der Waals surface area contributed by atoms with E-state index in [-0.39, 0.29) is 5.92 Å². The summed E-state index contributed by atoms with van der Waals surface area (Å²) in [5.41, 5.74) is 0. The van der Waals surface area contributed by atoms with E-state index in [1.807, 2.05) is 0 Å². The normalized spacial score (nSPS) is 29.0. The van der Waals surface area contributed by atoms with E-state index in [1.54, 1.807) is 6.07 Å². The van der Waals surface area contributed by atoms with Gasteiger partial charge in [-0.2, -0.15) is 5.26 Å². The highest BCUT2D eigenvalue weighted by Gasteiger charge is 2.21. The van der Waals surface area contributed by atoms with Gasteiger partial charge in [0.05, 0.1) is 0 Å². The highest BCUT2D eigenvalue weighted by atomic mass is 19.1. The number of alkyl halides is 1. The maximum absolute atomic E-state index is 12.6. The van der Waals surface area contributed by atoms with E-state index in [9.17, 15) is 4.39 Å². The molecule has 10 heavy (non-hydrogen) atoms. The van der Waals surface area contributed by atoms with Crippen LogP contribution in [0.1, 0.15) is 12.8 Å². The average Bonchev–Trinajstić information content (AvgIpc) is 2.05. The largest absolute Gasteiger partial charge is 0.316 e. The van der Waals surface area contributed by atoms with E-state index in [4.69, 9.17) is 5.26 Å². The summed E-state index contributed by atoms with van der Waals surface area (Å²) in [5.74, 6) is -0.0706. The van der Waals surface area contributed by atoms with E-state index in [0.29, 0.717) is 6.54 Å². The number of nitrogens with zero attached hydrogens (tertiary/aromatic N) is 1. The lowest BCUT2D eigenvalue weighted by atomic mass is 9.95. The first-order valence-electron chi connectivity index (χ1n) is 3.59. The third kappa shape index (κ3) is 1.68. The predicted molar refractivity (Wildman–Crippen MR) is 36.1 cm³/mol. The molecule has 0 radical (unpaired) electrons. The van der Waals surface area contributed by atoms with Gasteiger partial charge in [0, 0.05) is 12.5 Å². The van der Waals surface area contributed by atoms with Crippen molar-refractivity contribution in [2.24, 2.45) is 5.92 Å². The lowest BCUT2D eigenvalue weighted by molar-refractivity contribution is 0.240. The summed E-state index contributed by atoms with van der Waals surface area (Å²) in [4.78, 5) is 0. The smallest absolute Gasteiger partial charge is 0.190 e. The Labute approximate surface area is 60.0 Å². The standard InChI is InChI=1S/C7H11FN2/c8-7(4-9)6-2-1-3-10-5-6/h6-7,10H,1-3,5H2. The molecule has 56 valence electrons. The number of halogens is 1. The SMILES string of the molecule is N#CC(F)C1CCCNC1. The maximum atomic E-state index is 12.6. The highest BCUT2D eigenvalue weighted by molar-refractivity contribution is 4.90. The van der Waals surface area contributed by atoms with E-state index in [0.717, 1.165) is 19.4 Å². The van der Waals surface area contributed by atoms with Crippen molar-refractivity contribution in [3.63, 3.8) is 0 Å². The monoisotopic (exact) mass is 142 g/mol. The van der Waals surface area contributed by atoms with Crippen molar-refractivity contribution in [3.8, 4) is 6.07 Å². The quantitative estimate of drug-likeness (QED) is 0.589. The number of hydrogen-bond acceptors (Lipinski definition) is 2. The van der Waals surface area contributed by atoms with Crippen molar-refractivity contribution in [1.29, 1.82) is 5.26 Å². The Balaban J connectivity index is 2.33. The number of nitriles is 1. The number of rotatable bonds is 1. The predicted octanol–water partition coefficient (Wildman–Crippen LogP) is 0.848. The van der Waals surface area contributed by atoms with Crippen molar-refractivity contribution in [1.82, 2.24) is 5.32 Å². The van der Waals surface area contributed by atoms with Gasteiger partial charge in [-0.05, 0) is 19.4 Å². The topological polar surface area (TPSA) is 35.8 Å². The zero-order valence-corrected chi connectivity index (χ0v) is 5.81. The molecule has 0 aromatic carbocycles. The van der Waals surface area contributed by atoms with E-state index >= 15 is 0 Å². The van der Waals surface area contributed by atoms with E-state index in [1.165, 1.54) is 0 Å². The lowest BCUT2D eigenvalue weighted by Crippen LogP contribution is -2.34. The molecule has 1 fully saturated rings. The number of nitrogens with one attached hydrogen (secondary N) is 1. The molecule has 2 unspecified atom stereocenters. The van der Waals surface area contributed by atoms with Gasteiger partial charge in [-0.3, -0.25) is 0 Å². The summed E-state index contributed by atoms with van der Waals surface area (Å²) in [6, 6.07) is 1.63. The fourth-order valence-electron chi connectivity index (χ4n) is 1.23. The molecule has 0 aromatic heterocycles. The molecular weight excluding hydrogens is 131 g/mol. The third-order valence-electron chi connectivity index (χ3n) is 1.87. The molecule has 2 nitrogen and oxygen atoms in total. The molecule has 1 aliphatic heterocycles. The van der Waals surface area contributed by atoms with Crippen LogP contribution >= 0.6 is 0 Å². The minimum absolute atomic E-state index is 0.0706. The molecule has 1 N–H and O–H groups in total. The zero-order chi connectivity index (χ0) is 7.40. The van der Waals surface area contributed by atoms with Crippen molar-refractivity contribution >= 4 is 0 Å². The van der Waals surface area contributed by atoms with Crippen LogP contribution < -0.4 is 5.32 Å². The van der Waals surface area contributed by atoms with Gasteiger partial charge in [-0.25, -0.2) is 4.39 Å². The fraction of sp³-hybridized carbons (Fsp3) is 0.857.